The molecule has 0 bridgehead atoms. The van der Waals surface area contributed by atoms with Gasteiger partial charge in [0.15, 0.2) is 0 Å². The monoisotopic (exact) mass is 238 g/mol. The summed E-state index contributed by atoms with van der Waals surface area (Å²) in [6.07, 6.45) is 0.987. The molecule has 0 radical (unpaired) electrons. The number of amides is 1. The van der Waals surface area contributed by atoms with Crippen LogP contribution in [0.3, 0.4) is 0 Å². The highest BCUT2D eigenvalue weighted by Gasteiger charge is 2.19. The third-order valence-electron chi connectivity index (χ3n) is 2.19. The van der Waals surface area contributed by atoms with E-state index in [1.165, 1.54) is 18.2 Å². The maximum absolute atomic E-state index is 11.6. The molecule has 1 rings (SSSR count). The summed E-state index contributed by atoms with van der Waals surface area (Å²) in [6.45, 7) is 1.83. The van der Waals surface area contributed by atoms with Crippen LogP contribution in [0.1, 0.15) is 30.3 Å². The molecule has 1 atom stereocenters. The highest BCUT2D eigenvalue weighted by Crippen LogP contribution is 1.99. The minimum absolute atomic E-state index is 0.0554. The summed E-state index contributed by atoms with van der Waals surface area (Å²) in [5, 5.41) is 11.2. The molecule has 1 aromatic heterocycles. The Labute approximate surface area is 97.7 Å². The highest BCUT2D eigenvalue weighted by atomic mass is 16.4. The van der Waals surface area contributed by atoms with Crippen molar-refractivity contribution >= 4 is 11.9 Å². The van der Waals surface area contributed by atoms with Crippen molar-refractivity contribution in [1.29, 1.82) is 0 Å². The van der Waals surface area contributed by atoms with Crippen molar-refractivity contribution in [2.24, 2.45) is 0 Å². The lowest BCUT2D eigenvalue weighted by atomic mass is 10.1. The molecule has 92 valence electrons. The van der Waals surface area contributed by atoms with Crippen LogP contribution in [0.4, 0.5) is 0 Å². The Balaban J connectivity index is 2.77. The van der Waals surface area contributed by atoms with Gasteiger partial charge in [-0.3, -0.25) is 9.59 Å². The number of aliphatic carboxylic acids is 1. The number of pyridine rings is 1. The average molecular weight is 238 g/mol. The van der Waals surface area contributed by atoms with E-state index in [0.717, 1.165) is 0 Å². The van der Waals surface area contributed by atoms with E-state index in [2.05, 4.69) is 10.3 Å². The number of hydrogen-bond acceptors (Lipinski definition) is 3. The maximum Gasteiger partial charge on any atom is 0.326 e. The van der Waals surface area contributed by atoms with Gasteiger partial charge in [0.2, 0.25) is 5.56 Å². The maximum atomic E-state index is 11.6. The predicted octanol–water partition coefficient (Wildman–Crippen LogP) is 0.358. The molecule has 0 saturated carbocycles. The second-order valence-electron chi connectivity index (χ2n) is 3.58. The smallest absolute Gasteiger partial charge is 0.326 e. The first-order valence-electron chi connectivity index (χ1n) is 5.27. The Bertz CT molecular complexity index is 467. The lowest BCUT2D eigenvalue weighted by molar-refractivity contribution is -0.139. The minimum Gasteiger partial charge on any atom is -0.480 e. The molecule has 3 N–H and O–H groups in total. The molecule has 0 aliphatic rings. The van der Waals surface area contributed by atoms with Gasteiger partial charge in [0.25, 0.3) is 5.91 Å². The first-order chi connectivity index (χ1) is 8.04. The molecule has 0 spiro atoms. The molecular weight excluding hydrogens is 224 g/mol. The van der Waals surface area contributed by atoms with E-state index >= 15 is 0 Å². The fourth-order valence-corrected chi connectivity index (χ4v) is 1.36. The van der Waals surface area contributed by atoms with E-state index < -0.39 is 23.5 Å². The van der Waals surface area contributed by atoms with Gasteiger partial charge in [0.05, 0.1) is 0 Å². The van der Waals surface area contributed by atoms with E-state index in [1.54, 1.807) is 0 Å². The average Bonchev–Trinajstić information content (AvgIpc) is 2.28. The standard InChI is InChI=1S/C11H14N2O4/c1-2-4-8(11(16)17)13-10(15)7-5-3-6-9(14)12-7/h3,5-6,8H,2,4H2,1H3,(H,12,14)(H,13,15)(H,16,17). The Morgan fingerprint density at radius 3 is 2.71 bits per heavy atom. The second-order valence-corrected chi connectivity index (χ2v) is 3.58. The molecule has 6 heteroatoms. The van der Waals surface area contributed by atoms with Crippen molar-refractivity contribution < 1.29 is 14.7 Å². The van der Waals surface area contributed by atoms with Gasteiger partial charge in [-0.25, -0.2) is 4.79 Å². The molecule has 0 saturated heterocycles. The summed E-state index contributed by atoms with van der Waals surface area (Å²) >= 11 is 0. The Morgan fingerprint density at radius 1 is 1.47 bits per heavy atom. The van der Waals surface area contributed by atoms with Crippen LogP contribution in [0.2, 0.25) is 0 Å². The fourth-order valence-electron chi connectivity index (χ4n) is 1.36. The first-order valence-corrected chi connectivity index (χ1v) is 5.27. The minimum atomic E-state index is -1.08. The number of hydrogen-bond donors (Lipinski definition) is 3. The number of rotatable bonds is 5. The van der Waals surface area contributed by atoms with Gasteiger partial charge in [-0.15, -0.1) is 0 Å². The Morgan fingerprint density at radius 2 is 2.18 bits per heavy atom. The molecule has 1 unspecified atom stereocenters. The molecule has 1 amide bonds. The normalized spacial score (nSPS) is 11.8. The van der Waals surface area contributed by atoms with Crippen molar-refractivity contribution in [3.63, 3.8) is 0 Å². The summed E-state index contributed by atoms with van der Waals surface area (Å²) in [5.41, 5.74) is -0.347. The SMILES string of the molecule is CCCC(NC(=O)c1cccc(=O)[nH]1)C(=O)O. The van der Waals surface area contributed by atoms with E-state index in [0.29, 0.717) is 12.8 Å². The third kappa shape index (κ3) is 3.75. The number of carbonyl (C=O) groups excluding carboxylic acids is 1. The van der Waals surface area contributed by atoms with Gasteiger partial charge < -0.3 is 15.4 Å². The van der Waals surface area contributed by atoms with Crippen LogP contribution < -0.4 is 10.9 Å². The van der Waals surface area contributed by atoms with Crippen LogP contribution in [0.15, 0.2) is 23.0 Å². The van der Waals surface area contributed by atoms with Gasteiger partial charge in [0.1, 0.15) is 11.7 Å². The summed E-state index contributed by atoms with van der Waals surface area (Å²) in [5.74, 6) is -1.68. The summed E-state index contributed by atoms with van der Waals surface area (Å²) in [7, 11) is 0. The zero-order chi connectivity index (χ0) is 12.8. The van der Waals surface area contributed by atoms with Crippen LogP contribution in [-0.4, -0.2) is 28.0 Å². The number of aromatic amines is 1. The van der Waals surface area contributed by atoms with E-state index in [4.69, 9.17) is 5.11 Å². The van der Waals surface area contributed by atoms with Crippen molar-refractivity contribution in [3.05, 3.63) is 34.2 Å². The van der Waals surface area contributed by atoms with Crippen LogP contribution in [0.25, 0.3) is 0 Å². The molecule has 6 nitrogen and oxygen atoms in total. The molecular formula is C11H14N2O4. The summed E-state index contributed by atoms with van der Waals surface area (Å²) in [6, 6.07) is 3.19. The van der Waals surface area contributed by atoms with Crippen molar-refractivity contribution in [3.8, 4) is 0 Å². The predicted molar refractivity (Wildman–Crippen MR) is 60.9 cm³/mol. The molecule has 0 fully saturated rings. The zero-order valence-corrected chi connectivity index (χ0v) is 9.40. The Kier molecular flexibility index (Phi) is 4.45. The number of carboxylic acids is 1. The molecule has 1 heterocycles. The third-order valence-corrected chi connectivity index (χ3v) is 2.19. The van der Waals surface area contributed by atoms with Crippen LogP contribution in [0.5, 0.6) is 0 Å². The van der Waals surface area contributed by atoms with Crippen molar-refractivity contribution in [1.82, 2.24) is 10.3 Å². The number of H-pyrrole nitrogens is 1. The number of nitrogens with one attached hydrogen (secondary N) is 2. The first kappa shape index (κ1) is 13.0. The largest absolute Gasteiger partial charge is 0.480 e. The van der Waals surface area contributed by atoms with Crippen molar-refractivity contribution in [2.75, 3.05) is 0 Å². The van der Waals surface area contributed by atoms with E-state index in [1.807, 2.05) is 6.92 Å². The van der Waals surface area contributed by atoms with Crippen LogP contribution in [-0.2, 0) is 4.79 Å². The molecule has 0 aliphatic carbocycles. The topological polar surface area (TPSA) is 99.3 Å². The number of carboxylic acid groups (broad SMARTS) is 1. The fraction of sp³-hybridized carbons (Fsp3) is 0.364. The van der Waals surface area contributed by atoms with E-state index in [-0.39, 0.29) is 5.69 Å². The lowest BCUT2D eigenvalue weighted by Crippen LogP contribution is -2.41. The Hall–Kier alpha value is -2.11. The number of carbonyl (C=O) groups is 2. The lowest BCUT2D eigenvalue weighted by Gasteiger charge is -2.13. The van der Waals surface area contributed by atoms with Gasteiger partial charge >= 0.3 is 5.97 Å². The van der Waals surface area contributed by atoms with Crippen LogP contribution in [0, 0.1) is 0 Å². The number of aromatic nitrogens is 1. The summed E-state index contributed by atoms with van der Waals surface area (Å²) < 4.78 is 0. The molecule has 0 aromatic carbocycles. The zero-order valence-electron chi connectivity index (χ0n) is 9.40. The summed E-state index contributed by atoms with van der Waals surface area (Å²) in [4.78, 5) is 35.8. The van der Waals surface area contributed by atoms with Crippen molar-refractivity contribution in [2.45, 2.75) is 25.8 Å². The molecule has 0 aliphatic heterocycles. The second kappa shape index (κ2) is 5.83. The molecule has 17 heavy (non-hydrogen) atoms. The van der Waals surface area contributed by atoms with Gasteiger partial charge in [-0.1, -0.05) is 19.4 Å². The highest BCUT2D eigenvalue weighted by molar-refractivity contribution is 5.94. The quantitative estimate of drug-likeness (QED) is 0.689. The van der Waals surface area contributed by atoms with Gasteiger partial charge in [-0.2, -0.15) is 0 Å². The van der Waals surface area contributed by atoms with Gasteiger partial charge in [0, 0.05) is 6.07 Å². The molecule has 1 aromatic rings. The van der Waals surface area contributed by atoms with E-state index in [9.17, 15) is 14.4 Å². The van der Waals surface area contributed by atoms with Crippen LogP contribution >= 0.6 is 0 Å². The van der Waals surface area contributed by atoms with Gasteiger partial charge in [-0.05, 0) is 12.5 Å².